The van der Waals surface area contributed by atoms with Crippen LogP contribution in [-0.4, -0.2) is 64.0 Å². The van der Waals surface area contributed by atoms with Gasteiger partial charge in [0.2, 0.25) is 5.91 Å². The van der Waals surface area contributed by atoms with Crippen molar-refractivity contribution in [3.05, 3.63) is 22.8 Å². The number of rotatable bonds is 11. The van der Waals surface area contributed by atoms with Gasteiger partial charge in [-0.1, -0.05) is 28.7 Å². The van der Waals surface area contributed by atoms with Crippen molar-refractivity contribution in [1.29, 1.82) is 0 Å². The third kappa shape index (κ3) is 6.37. The summed E-state index contributed by atoms with van der Waals surface area (Å²) in [6, 6.07) is 0. The third-order valence-electron chi connectivity index (χ3n) is 2.98. The molecule has 2 N–H and O–H groups in total. The van der Waals surface area contributed by atoms with Gasteiger partial charge in [-0.05, 0) is 4.08 Å². The van der Waals surface area contributed by atoms with E-state index in [-0.39, 0.29) is 4.90 Å². The summed E-state index contributed by atoms with van der Waals surface area (Å²) in [6.07, 6.45) is 1.42. The second-order valence-electron chi connectivity index (χ2n) is 5.12. The number of carbonyl (C=O) groups is 1. The van der Waals surface area contributed by atoms with Crippen LogP contribution in [0.3, 0.4) is 0 Å². The number of phosphoric acid groups is 1. The molecule has 0 aliphatic carbocycles. The van der Waals surface area contributed by atoms with Crippen molar-refractivity contribution >= 4 is 36.3 Å². The molecule has 0 fully saturated rings. The van der Waals surface area contributed by atoms with Crippen LogP contribution in [0.4, 0.5) is 35.1 Å². The minimum atomic E-state index is -6.80. The quantitative estimate of drug-likeness (QED) is 0.133. The second-order valence-corrected chi connectivity index (χ2v) is 7.08. The van der Waals surface area contributed by atoms with Gasteiger partial charge in [0.05, 0.1) is 6.54 Å². The molecule has 0 bridgehead atoms. The van der Waals surface area contributed by atoms with E-state index in [1.807, 2.05) is 0 Å². The van der Waals surface area contributed by atoms with Crippen molar-refractivity contribution in [2.24, 2.45) is 0 Å². The summed E-state index contributed by atoms with van der Waals surface area (Å²) in [4.78, 5) is 27.9. The summed E-state index contributed by atoms with van der Waals surface area (Å²) >= 11 is 1.47. The lowest BCUT2D eigenvalue weighted by Gasteiger charge is -2.38. The van der Waals surface area contributed by atoms with Gasteiger partial charge in [-0.25, -0.2) is 4.57 Å². The molecule has 0 atom stereocenters. The van der Waals surface area contributed by atoms with Gasteiger partial charge in [-0.2, -0.15) is 35.1 Å². The molecule has 164 valence electrons. The predicted molar refractivity (Wildman–Crippen MR) is 87.7 cm³/mol. The number of hydrogen-bond acceptors (Lipinski definition) is 3. The summed E-state index contributed by atoms with van der Waals surface area (Å²) in [5.41, 5.74) is 0. The number of nitrogens with zero attached hydrogens (tertiary/aromatic N) is 1. The Labute approximate surface area is 166 Å². The Morgan fingerprint density at radius 3 is 1.93 bits per heavy atom. The summed E-state index contributed by atoms with van der Waals surface area (Å²) in [5, 5.41) is 0. The molecule has 0 aliphatic heterocycles. The molecule has 0 aromatic heterocycles. The van der Waals surface area contributed by atoms with E-state index in [9.17, 15) is 44.5 Å². The third-order valence-corrected chi connectivity index (χ3v) is 3.81. The number of halogens is 9. The maximum atomic E-state index is 13.9. The molecule has 0 heterocycles. The summed E-state index contributed by atoms with van der Waals surface area (Å²) in [5.74, 6) is -26.8. The topological polar surface area (TPSA) is 87.1 Å². The average Bonchev–Trinajstić information content (AvgIpc) is 2.51. The minimum absolute atomic E-state index is 0.0452. The van der Waals surface area contributed by atoms with E-state index in [0.717, 1.165) is 10.2 Å². The monoisotopic (exact) mass is 561 g/mol. The maximum Gasteiger partial charge on any atom is 0.469 e. The van der Waals surface area contributed by atoms with Gasteiger partial charge < -0.3 is 14.7 Å². The largest absolute Gasteiger partial charge is 0.469 e. The van der Waals surface area contributed by atoms with Crippen LogP contribution in [0.1, 0.15) is 0 Å². The SMILES string of the molecule is C=CCN(CC(F)(F)C(F)(F)C(F)(F)C(F)(F)COP(=O)(O)O)C(=O)/C=C/I. The molecule has 0 rings (SSSR count). The number of alkyl halides is 8. The van der Waals surface area contributed by atoms with Gasteiger partial charge in [0.25, 0.3) is 0 Å². The van der Waals surface area contributed by atoms with E-state index in [2.05, 4.69) is 11.1 Å². The Balaban J connectivity index is 5.84. The molecular formula is C12H13F8INO5P. The van der Waals surface area contributed by atoms with Gasteiger partial charge in [0.15, 0.2) is 0 Å². The van der Waals surface area contributed by atoms with Gasteiger partial charge in [0, 0.05) is 12.6 Å². The highest BCUT2D eigenvalue weighted by molar-refractivity contribution is 14.1. The van der Waals surface area contributed by atoms with Crippen LogP contribution in [0.5, 0.6) is 0 Å². The van der Waals surface area contributed by atoms with Crippen LogP contribution in [0.25, 0.3) is 0 Å². The molecule has 6 nitrogen and oxygen atoms in total. The van der Waals surface area contributed by atoms with Crippen molar-refractivity contribution in [1.82, 2.24) is 4.90 Å². The highest BCUT2D eigenvalue weighted by atomic mass is 127. The Hall–Kier alpha value is -0.770. The summed E-state index contributed by atoms with van der Waals surface area (Å²) < 4.78 is 123. The fourth-order valence-electron chi connectivity index (χ4n) is 1.60. The van der Waals surface area contributed by atoms with Gasteiger partial charge in [-0.3, -0.25) is 9.32 Å². The van der Waals surface area contributed by atoms with Crippen LogP contribution in [-0.2, 0) is 13.9 Å². The molecule has 0 radical (unpaired) electrons. The van der Waals surface area contributed by atoms with E-state index in [1.165, 1.54) is 22.6 Å². The number of amides is 1. The van der Waals surface area contributed by atoms with Crippen LogP contribution in [0.2, 0.25) is 0 Å². The lowest BCUT2D eigenvalue weighted by molar-refractivity contribution is -0.369. The first kappa shape index (κ1) is 27.2. The van der Waals surface area contributed by atoms with Crippen molar-refractivity contribution in [3.63, 3.8) is 0 Å². The molecule has 16 heteroatoms. The predicted octanol–water partition coefficient (Wildman–Crippen LogP) is 3.60. The summed E-state index contributed by atoms with van der Waals surface area (Å²) in [7, 11) is -5.80. The van der Waals surface area contributed by atoms with Crippen LogP contribution < -0.4 is 0 Å². The van der Waals surface area contributed by atoms with E-state index >= 15 is 0 Å². The summed E-state index contributed by atoms with van der Waals surface area (Å²) in [6.45, 7) is -3.08. The lowest BCUT2D eigenvalue weighted by Crippen LogP contribution is -2.65. The van der Waals surface area contributed by atoms with Crippen LogP contribution in [0, 0.1) is 0 Å². The first-order valence-electron chi connectivity index (χ1n) is 6.74. The Morgan fingerprint density at radius 2 is 1.54 bits per heavy atom. The van der Waals surface area contributed by atoms with Gasteiger partial charge in [0.1, 0.15) is 6.61 Å². The zero-order valence-electron chi connectivity index (χ0n) is 13.5. The van der Waals surface area contributed by atoms with E-state index in [0.29, 0.717) is 6.08 Å². The van der Waals surface area contributed by atoms with Crippen molar-refractivity contribution < 1.29 is 58.8 Å². The smallest absolute Gasteiger partial charge is 0.329 e. The number of phosphoric ester groups is 1. The molecular weight excluding hydrogens is 548 g/mol. The fourth-order valence-corrected chi connectivity index (χ4v) is 2.24. The van der Waals surface area contributed by atoms with Gasteiger partial charge in [-0.15, -0.1) is 6.58 Å². The second kappa shape index (κ2) is 9.36. The zero-order valence-corrected chi connectivity index (χ0v) is 16.5. The van der Waals surface area contributed by atoms with Gasteiger partial charge >= 0.3 is 31.5 Å². The van der Waals surface area contributed by atoms with E-state index < -0.39 is 57.1 Å². The average molecular weight is 561 g/mol. The lowest BCUT2D eigenvalue weighted by atomic mass is 9.98. The van der Waals surface area contributed by atoms with Crippen LogP contribution in [0.15, 0.2) is 22.8 Å². The highest BCUT2D eigenvalue weighted by Crippen LogP contribution is 2.53. The molecule has 0 aromatic carbocycles. The first-order chi connectivity index (χ1) is 12.4. The molecule has 0 spiro atoms. The molecule has 0 saturated heterocycles. The van der Waals surface area contributed by atoms with Crippen molar-refractivity contribution in [2.75, 3.05) is 19.7 Å². The Bertz CT molecular complexity index is 654. The first-order valence-corrected chi connectivity index (χ1v) is 9.52. The Kier molecular flexibility index (Phi) is 9.11. The fraction of sp³-hybridized carbons (Fsp3) is 0.583. The standard InChI is InChI=1S/C12H13F8INO5P/c1-2-5-22(8(23)3-4-21)6-9(13,14)11(17,18)12(19,20)10(15,16)7-27-28(24,25)26/h2-4H,1,5-7H2,(H2,24,25,26)/b4-3+. The number of hydrogen-bond donors (Lipinski definition) is 2. The zero-order chi connectivity index (χ0) is 22.6. The Morgan fingerprint density at radius 1 is 1.07 bits per heavy atom. The van der Waals surface area contributed by atoms with E-state index in [1.54, 1.807) is 0 Å². The minimum Gasteiger partial charge on any atom is -0.329 e. The van der Waals surface area contributed by atoms with Crippen molar-refractivity contribution in [3.8, 4) is 0 Å². The normalized spacial score (nSPS) is 14.4. The molecule has 0 aliphatic rings. The van der Waals surface area contributed by atoms with Crippen LogP contribution >= 0.6 is 30.4 Å². The highest BCUT2D eigenvalue weighted by Gasteiger charge is 2.80. The van der Waals surface area contributed by atoms with E-state index in [4.69, 9.17) is 9.79 Å². The van der Waals surface area contributed by atoms with Crippen molar-refractivity contribution in [2.45, 2.75) is 23.7 Å². The molecule has 0 saturated carbocycles. The maximum absolute atomic E-state index is 13.9. The molecule has 0 aromatic rings. The molecule has 28 heavy (non-hydrogen) atoms. The molecule has 0 unspecified atom stereocenters. The molecule has 1 amide bonds. The number of carbonyl (C=O) groups excluding carboxylic acids is 1.